The molecule has 25 heavy (non-hydrogen) atoms. The minimum Gasteiger partial charge on any atom is -0.495 e. The van der Waals surface area contributed by atoms with Crippen LogP contribution in [0, 0.1) is 0 Å². The van der Waals surface area contributed by atoms with E-state index in [2.05, 4.69) is 10.3 Å². The molecule has 2 aromatic rings. The van der Waals surface area contributed by atoms with Gasteiger partial charge in [-0.3, -0.25) is 4.79 Å². The van der Waals surface area contributed by atoms with E-state index >= 15 is 0 Å². The lowest BCUT2D eigenvalue weighted by atomic mass is 10.2. The van der Waals surface area contributed by atoms with E-state index < -0.39 is 18.0 Å². The number of halogens is 3. The highest BCUT2D eigenvalue weighted by Crippen LogP contribution is 2.28. The quantitative estimate of drug-likeness (QED) is 0.597. The predicted molar refractivity (Wildman–Crippen MR) is 95.8 cm³/mol. The fraction of sp³-hybridized carbons (Fsp3) is 0.188. The number of rotatable bonds is 5. The number of hydrogen-bond acceptors (Lipinski definition) is 5. The van der Waals surface area contributed by atoms with Crippen LogP contribution in [-0.2, 0) is 9.53 Å². The molecule has 2 rings (SSSR count). The summed E-state index contributed by atoms with van der Waals surface area (Å²) < 4.78 is 10.2. The molecule has 1 aromatic carbocycles. The van der Waals surface area contributed by atoms with Gasteiger partial charge in [0.25, 0.3) is 5.91 Å². The zero-order valence-corrected chi connectivity index (χ0v) is 15.4. The monoisotopic (exact) mass is 402 g/mol. The first-order chi connectivity index (χ1) is 11.8. The summed E-state index contributed by atoms with van der Waals surface area (Å²) in [6.07, 6.45) is -1.12. The Hall–Kier alpha value is -2.02. The van der Waals surface area contributed by atoms with Crippen molar-refractivity contribution in [3.8, 4) is 5.75 Å². The molecule has 1 amide bonds. The van der Waals surface area contributed by atoms with E-state index in [0.717, 1.165) is 0 Å². The minimum atomic E-state index is -1.12. The van der Waals surface area contributed by atoms with E-state index in [0.29, 0.717) is 16.5 Å². The second-order valence-corrected chi connectivity index (χ2v) is 6.08. The molecule has 0 fully saturated rings. The predicted octanol–water partition coefficient (Wildman–Crippen LogP) is 4.23. The Morgan fingerprint density at radius 2 is 1.88 bits per heavy atom. The number of carbonyl (C=O) groups excluding carboxylic acids is 2. The maximum absolute atomic E-state index is 12.2. The summed E-state index contributed by atoms with van der Waals surface area (Å²) >= 11 is 17.5. The number of esters is 1. The van der Waals surface area contributed by atoms with Crippen LogP contribution in [0.3, 0.4) is 0 Å². The lowest BCUT2D eigenvalue weighted by Crippen LogP contribution is -2.30. The molecule has 0 saturated carbocycles. The Morgan fingerprint density at radius 1 is 1.16 bits per heavy atom. The van der Waals surface area contributed by atoms with Crippen molar-refractivity contribution in [2.24, 2.45) is 0 Å². The molecule has 0 saturated heterocycles. The van der Waals surface area contributed by atoms with Crippen molar-refractivity contribution >= 4 is 52.4 Å². The van der Waals surface area contributed by atoms with E-state index in [1.165, 1.54) is 32.2 Å². The van der Waals surface area contributed by atoms with E-state index in [-0.39, 0.29) is 15.9 Å². The summed E-state index contributed by atoms with van der Waals surface area (Å²) in [6.45, 7) is 1.41. The molecule has 132 valence electrons. The van der Waals surface area contributed by atoms with E-state index in [1.807, 2.05) is 0 Å². The molecule has 1 atom stereocenters. The van der Waals surface area contributed by atoms with E-state index in [9.17, 15) is 9.59 Å². The van der Waals surface area contributed by atoms with Crippen LogP contribution in [0.15, 0.2) is 30.3 Å². The highest BCUT2D eigenvalue weighted by Gasteiger charge is 2.23. The summed E-state index contributed by atoms with van der Waals surface area (Å²) in [4.78, 5) is 28.2. The third kappa shape index (κ3) is 4.98. The van der Waals surface area contributed by atoms with Crippen LogP contribution in [-0.4, -0.2) is 30.1 Å². The molecular weight excluding hydrogens is 391 g/mol. The molecular formula is C16H13Cl3N2O4. The fourth-order valence-corrected chi connectivity index (χ4v) is 2.35. The Labute approximate surface area is 159 Å². The molecule has 0 radical (unpaired) electrons. The minimum absolute atomic E-state index is 0.0681. The van der Waals surface area contributed by atoms with Crippen molar-refractivity contribution < 1.29 is 19.1 Å². The van der Waals surface area contributed by atoms with Gasteiger partial charge in [-0.25, -0.2) is 9.78 Å². The Kier molecular flexibility index (Phi) is 6.47. The van der Waals surface area contributed by atoms with Crippen molar-refractivity contribution in [1.29, 1.82) is 0 Å². The van der Waals surface area contributed by atoms with Crippen molar-refractivity contribution in [1.82, 2.24) is 4.98 Å². The summed E-state index contributed by atoms with van der Waals surface area (Å²) in [5.74, 6) is -1.03. The molecule has 1 heterocycles. The Balaban J connectivity index is 2.09. The molecule has 9 heteroatoms. The van der Waals surface area contributed by atoms with Gasteiger partial charge in [0, 0.05) is 5.02 Å². The van der Waals surface area contributed by atoms with Crippen LogP contribution in [0.2, 0.25) is 15.2 Å². The van der Waals surface area contributed by atoms with Crippen LogP contribution >= 0.6 is 34.8 Å². The molecule has 1 aromatic heterocycles. The molecule has 6 nitrogen and oxygen atoms in total. The zero-order valence-electron chi connectivity index (χ0n) is 13.2. The van der Waals surface area contributed by atoms with Gasteiger partial charge in [0.05, 0.1) is 17.8 Å². The second-order valence-electron chi connectivity index (χ2n) is 4.85. The Morgan fingerprint density at radius 3 is 2.56 bits per heavy atom. The second kappa shape index (κ2) is 8.38. The fourth-order valence-electron chi connectivity index (χ4n) is 1.84. The molecule has 0 aliphatic carbocycles. The average Bonchev–Trinajstić information content (AvgIpc) is 2.57. The van der Waals surface area contributed by atoms with Crippen LogP contribution in [0.4, 0.5) is 5.69 Å². The maximum Gasteiger partial charge on any atom is 0.359 e. The van der Waals surface area contributed by atoms with Crippen molar-refractivity contribution in [3.05, 3.63) is 51.2 Å². The van der Waals surface area contributed by atoms with Crippen molar-refractivity contribution in [2.45, 2.75) is 13.0 Å². The number of amides is 1. The molecule has 0 aliphatic heterocycles. The molecule has 0 bridgehead atoms. The number of aromatic nitrogens is 1. The third-order valence-electron chi connectivity index (χ3n) is 3.08. The lowest BCUT2D eigenvalue weighted by Gasteiger charge is -2.15. The van der Waals surface area contributed by atoms with Gasteiger partial charge >= 0.3 is 5.97 Å². The lowest BCUT2D eigenvalue weighted by molar-refractivity contribution is -0.123. The zero-order chi connectivity index (χ0) is 18.6. The standard InChI is InChI=1S/C16H13Cl3N2O4/c1-8(25-16(23)14-10(18)4-6-13(19)21-14)15(22)20-11-7-9(17)3-5-12(11)24-2/h3-8H,1-2H3,(H,20,22)/t8-/m1/s1. The van der Waals surface area contributed by atoms with Crippen LogP contribution in [0.25, 0.3) is 0 Å². The summed E-state index contributed by atoms with van der Waals surface area (Å²) in [5.41, 5.74) is 0.177. The van der Waals surface area contributed by atoms with Crippen LogP contribution in [0.1, 0.15) is 17.4 Å². The van der Waals surface area contributed by atoms with Gasteiger partial charge in [-0.1, -0.05) is 34.8 Å². The number of hydrogen-bond donors (Lipinski definition) is 1. The highest BCUT2D eigenvalue weighted by atomic mass is 35.5. The van der Waals surface area contributed by atoms with Crippen molar-refractivity contribution in [2.75, 3.05) is 12.4 Å². The molecule has 1 N–H and O–H groups in total. The first kappa shape index (κ1) is 19.3. The van der Waals surface area contributed by atoms with Gasteiger partial charge < -0.3 is 14.8 Å². The Bertz CT molecular complexity index is 814. The van der Waals surface area contributed by atoms with Gasteiger partial charge in [0.15, 0.2) is 11.8 Å². The normalized spacial score (nSPS) is 11.6. The highest BCUT2D eigenvalue weighted by molar-refractivity contribution is 6.34. The third-order valence-corrected chi connectivity index (χ3v) is 3.83. The summed E-state index contributed by atoms with van der Waals surface area (Å²) in [5, 5.41) is 3.14. The first-order valence-corrected chi connectivity index (χ1v) is 8.12. The smallest absolute Gasteiger partial charge is 0.359 e. The van der Waals surface area contributed by atoms with Crippen LogP contribution in [0.5, 0.6) is 5.75 Å². The molecule has 0 spiro atoms. The number of pyridine rings is 1. The van der Waals surface area contributed by atoms with Gasteiger partial charge in [-0.2, -0.15) is 0 Å². The topological polar surface area (TPSA) is 77.5 Å². The number of ether oxygens (including phenoxy) is 2. The summed E-state index contributed by atoms with van der Waals surface area (Å²) in [7, 11) is 1.45. The SMILES string of the molecule is COc1ccc(Cl)cc1NC(=O)[C@@H](C)OC(=O)c1nc(Cl)ccc1Cl. The number of methoxy groups -OCH3 is 1. The number of nitrogens with zero attached hydrogens (tertiary/aromatic N) is 1. The average molecular weight is 404 g/mol. The molecule has 0 unspecified atom stereocenters. The number of nitrogens with one attached hydrogen (secondary N) is 1. The number of carbonyl (C=O) groups is 2. The van der Waals surface area contributed by atoms with E-state index in [1.54, 1.807) is 12.1 Å². The van der Waals surface area contributed by atoms with Gasteiger partial charge in [-0.15, -0.1) is 0 Å². The number of anilines is 1. The largest absolute Gasteiger partial charge is 0.495 e. The summed E-state index contributed by atoms with van der Waals surface area (Å²) in [6, 6.07) is 7.58. The maximum atomic E-state index is 12.2. The first-order valence-electron chi connectivity index (χ1n) is 6.99. The molecule has 0 aliphatic rings. The van der Waals surface area contributed by atoms with Crippen LogP contribution < -0.4 is 10.1 Å². The number of benzene rings is 1. The van der Waals surface area contributed by atoms with Gasteiger partial charge in [0.2, 0.25) is 0 Å². The van der Waals surface area contributed by atoms with Gasteiger partial charge in [-0.05, 0) is 37.3 Å². The van der Waals surface area contributed by atoms with Gasteiger partial charge in [0.1, 0.15) is 10.9 Å². The van der Waals surface area contributed by atoms with Crippen molar-refractivity contribution in [3.63, 3.8) is 0 Å². The van der Waals surface area contributed by atoms with E-state index in [4.69, 9.17) is 44.3 Å².